The van der Waals surface area contributed by atoms with E-state index in [0.29, 0.717) is 18.4 Å². The van der Waals surface area contributed by atoms with Crippen LogP contribution in [0.1, 0.15) is 57.4 Å². The van der Waals surface area contributed by atoms with E-state index in [2.05, 4.69) is 22.8 Å². The monoisotopic (exact) mass is 372 g/mol. The van der Waals surface area contributed by atoms with Crippen LogP contribution in [0.4, 0.5) is 0 Å². The van der Waals surface area contributed by atoms with Gasteiger partial charge in [-0.05, 0) is 68.8 Å². The summed E-state index contributed by atoms with van der Waals surface area (Å²) in [7, 11) is 1.69. The zero-order valence-corrected chi connectivity index (χ0v) is 17.2. The van der Waals surface area contributed by atoms with E-state index in [1.54, 1.807) is 7.11 Å². The Morgan fingerprint density at radius 3 is 2.70 bits per heavy atom. The smallest absolute Gasteiger partial charge is 0.223 e. The highest BCUT2D eigenvalue weighted by atomic mass is 16.5. The number of nitrogens with zero attached hydrogens (tertiary/aromatic N) is 2. The maximum atomic E-state index is 13.1. The second-order valence-electron chi connectivity index (χ2n) is 8.42. The van der Waals surface area contributed by atoms with Gasteiger partial charge in [0, 0.05) is 25.6 Å². The molecule has 150 valence electrons. The number of aryl methyl sites for hydroxylation is 1. The molecule has 1 aromatic carbocycles. The minimum atomic E-state index is 0.329. The van der Waals surface area contributed by atoms with E-state index >= 15 is 0 Å². The molecule has 0 radical (unpaired) electrons. The molecule has 27 heavy (non-hydrogen) atoms. The highest BCUT2D eigenvalue weighted by molar-refractivity contribution is 5.77. The predicted octanol–water partition coefficient (Wildman–Crippen LogP) is 4.13. The Morgan fingerprint density at radius 2 is 1.93 bits per heavy atom. The summed E-state index contributed by atoms with van der Waals surface area (Å²) in [5, 5.41) is 0. The molecule has 2 saturated heterocycles. The lowest BCUT2D eigenvalue weighted by Crippen LogP contribution is -2.48. The molecule has 0 aliphatic carbocycles. The van der Waals surface area contributed by atoms with E-state index in [9.17, 15) is 4.79 Å². The van der Waals surface area contributed by atoms with Gasteiger partial charge in [0.05, 0.1) is 7.11 Å². The van der Waals surface area contributed by atoms with Gasteiger partial charge in [-0.2, -0.15) is 0 Å². The Morgan fingerprint density at radius 1 is 1.11 bits per heavy atom. The molecule has 2 fully saturated rings. The van der Waals surface area contributed by atoms with Crippen LogP contribution in [0.15, 0.2) is 24.3 Å². The van der Waals surface area contributed by atoms with Gasteiger partial charge in [0.1, 0.15) is 5.75 Å². The van der Waals surface area contributed by atoms with Crippen molar-refractivity contribution < 1.29 is 9.53 Å². The van der Waals surface area contributed by atoms with E-state index in [4.69, 9.17) is 4.74 Å². The zero-order chi connectivity index (χ0) is 19.1. The van der Waals surface area contributed by atoms with Crippen molar-refractivity contribution in [3.8, 4) is 5.75 Å². The number of carbonyl (C=O) groups is 1. The Kier molecular flexibility index (Phi) is 7.57. The van der Waals surface area contributed by atoms with Crippen LogP contribution < -0.4 is 4.74 Å². The molecule has 1 amide bonds. The van der Waals surface area contributed by atoms with Gasteiger partial charge in [-0.3, -0.25) is 4.79 Å². The summed E-state index contributed by atoms with van der Waals surface area (Å²) in [5.41, 5.74) is 1.18. The molecule has 1 atom stereocenters. The molecule has 0 N–H and O–H groups in total. The lowest BCUT2D eigenvalue weighted by atomic mass is 9.98. The first-order chi connectivity index (χ1) is 13.2. The van der Waals surface area contributed by atoms with E-state index in [-0.39, 0.29) is 0 Å². The summed E-state index contributed by atoms with van der Waals surface area (Å²) >= 11 is 0. The molecule has 4 heteroatoms. The quantitative estimate of drug-likeness (QED) is 0.753. The van der Waals surface area contributed by atoms with E-state index in [1.807, 2.05) is 18.2 Å². The number of carbonyl (C=O) groups excluding carboxylic acids is 1. The number of methoxy groups -OCH3 is 1. The fraction of sp³-hybridized carbons (Fsp3) is 0.696. The second-order valence-corrected chi connectivity index (χ2v) is 8.42. The highest BCUT2D eigenvalue weighted by Crippen LogP contribution is 2.23. The van der Waals surface area contributed by atoms with Crippen LogP contribution in [0.25, 0.3) is 0 Å². The zero-order valence-electron chi connectivity index (χ0n) is 17.2. The molecule has 2 aliphatic rings. The van der Waals surface area contributed by atoms with Crippen molar-refractivity contribution in [2.24, 2.45) is 5.92 Å². The van der Waals surface area contributed by atoms with Gasteiger partial charge in [0.2, 0.25) is 5.91 Å². The summed E-state index contributed by atoms with van der Waals surface area (Å²) in [5.74, 6) is 2.05. The SMILES string of the molecule is COc1cccc(CCC(=O)N2CCCCCC2CN2CCC(C)CC2)c1. The minimum absolute atomic E-state index is 0.329. The van der Waals surface area contributed by atoms with E-state index < -0.39 is 0 Å². The molecule has 4 nitrogen and oxygen atoms in total. The molecule has 0 aromatic heterocycles. The van der Waals surface area contributed by atoms with Crippen LogP contribution in [0.5, 0.6) is 5.75 Å². The van der Waals surface area contributed by atoms with Gasteiger partial charge in [-0.15, -0.1) is 0 Å². The van der Waals surface area contributed by atoms with Crippen LogP contribution >= 0.6 is 0 Å². The number of benzene rings is 1. The first kappa shape index (κ1) is 20.2. The van der Waals surface area contributed by atoms with Crippen LogP contribution in [0.2, 0.25) is 0 Å². The fourth-order valence-corrected chi connectivity index (χ4v) is 4.46. The fourth-order valence-electron chi connectivity index (χ4n) is 4.46. The minimum Gasteiger partial charge on any atom is -0.497 e. The largest absolute Gasteiger partial charge is 0.497 e. The lowest BCUT2D eigenvalue weighted by Gasteiger charge is -2.37. The molecule has 0 saturated carbocycles. The average Bonchev–Trinajstić information content (AvgIpc) is 2.93. The number of hydrogen-bond donors (Lipinski definition) is 0. The Hall–Kier alpha value is -1.55. The highest BCUT2D eigenvalue weighted by Gasteiger charge is 2.28. The van der Waals surface area contributed by atoms with Crippen LogP contribution in [-0.4, -0.2) is 55.0 Å². The first-order valence-electron chi connectivity index (χ1n) is 10.8. The third-order valence-corrected chi connectivity index (χ3v) is 6.30. The topological polar surface area (TPSA) is 32.8 Å². The second kappa shape index (κ2) is 10.1. The Bertz CT molecular complexity index is 596. The number of hydrogen-bond acceptors (Lipinski definition) is 3. The average molecular weight is 373 g/mol. The van der Waals surface area contributed by atoms with Gasteiger partial charge < -0.3 is 14.5 Å². The van der Waals surface area contributed by atoms with Crippen molar-refractivity contribution in [3.05, 3.63) is 29.8 Å². The van der Waals surface area contributed by atoms with Crippen molar-refractivity contribution in [3.63, 3.8) is 0 Å². The lowest BCUT2D eigenvalue weighted by molar-refractivity contribution is -0.134. The van der Waals surface area contributed by atoms with Gasteiger partial charge in [0.15, 0.2) is 0 Å². The summed E-state index contributed by atoms with van der Waals surface area (Å²) in [4.78, 5) is 17.9. The van der Waals surface area contributed by atoms with Crippen molar-refractivity contribution in [2.75, 3.05) is 33.3 Å². The summed E-state index contributed by atoms with van der Waals surface area (Å²) < 4.78 is 5.30. The number of likely N-dealkylation sites (tertiary alicyclic amines) is 2. The van der Waals surface area contributed by atoms with Gasteiger partial charge in [-0.25, -0.2) is 0 Å². The third-order valence-electron chi connectivity index (χ3n) is 6.30. The number of ether oxygens (including phenoxy) is 1. The molecular formula is C23H36N2O2. The van der Waals surface area contributed by atoms with Crippen molar-refractivity contribution in [2.45, 2.75) is 64.3 Å². The number of amides is 1. The Labute approximate surface area is 164 Å². The molecule has 2 aliphatic heterocycles. The van der Waals surface area contributed by atoms with Crippen molar-refractivity contribution >= 4 is 5.91 Å². The molecule has 3 rings (SSSR count). The van der Waals surface area contributed by atoms with E-state index in [1.165, 1.54) is 44.3 Å². The van der Waals surface area contributed by atoms with Gasteiger partial charge in [-0.1, -0.05) is 31.9 Å². The standard InChI is InChI=1S/C23H36N2O2/c1-19-12-15-24(16-13-19)18-21-8-4-3-5-14-25(21)23(26)11-10-20-7-6-9-22(17-20)27-2/h6-7,9,17,19,21H,3-5,8,10-16,18H2,1-2H3. The van der Waals surface area contributed by atoms with Crippen LogP contribution in [0.3, 0.4) is 0 Å². The maximum absolute atomic E-state index is 13.1. The van der Waals surface area contributed by atoms with Crippen LogP contribution in [0, 0.1) is 5.92 Å². The first-order valence-corrected chi connectivity index (χ1v) is 10.8. The van der Waals surface area contributed by atoms with Gasteiger partial charge >= 0.3 is 0 Å². The number of piperidine rings is 1. The molecular weight excluding hydrogens is 336 g/mol. The van der Waals surface area contributed by atoms with Crippen molar-refractivity contribution in [1.29, 1.82) is 0 Å². The molecule has 1 aromatic rings. The third kappa shape index (κ3) is 5.97. The molecule has 2 heterocycles. The van der Waals surface area contributed by atoms with E-state index in [0.717, 1.165) is 44.0 Å². The maximum Gasteiger partial charge on any atom is 0.223 e. The number of rotatable bonds is 6. The normalized spacial score (nSPS) is 22.4. The summed E-state index contributed by atoms with van der Waals surface area (Å²) in [6.45, 7) is 6.76. The van der Waals surface area contributed by atoms with Crippen LogP contribution in [-0.2, 0) is 11.2 Å². The predicted molar refractivity (Wildman–Crippen MR) is 110 cm³/mol. The Balaban J connectivity index is 1.57. The molecule has 0 spiro atoms. The van der Waals surface area contributed by atoms with Crippen molar-refractivity contribution in [1.82, 2.24) is 9.80 Å². The molecule has 1 unspecified atom stereocenters. The summed E-state index contributed by atoms with van der Waals surface area (Å²) in [6, 6.07) is 8.49. The van der Waals surface area contributed by atoms with Gasteiger partial charge in [0.25, 0.3) is 0 Å². The molecule has 0 bridgehead atoms. The summed E-state index contributed by atoms with van der Waals surface area (Å²) in [6.07, 6.45) is 8.82.